The van der Waals surface area contributed by atoms with Crippen LogP contribution in [0, 0.1) is 37.3 Å². The van der Waals surface area contributed by atoms with Gasteiger partial charge in [0.2, 0.25) is 0 Å². The molecule has 0 nitrogen and oxygen atoms in total. The molecule has 0 bridgehead atoms. The van der Waals surface area contributed by atoms with Gasteiger partial charge in [-0.2, -0.15) is 0 Å². The Morgan fingerprint density at radius 2 is 1.17 bits per heavy atom. The summed E-state index contributed by atoms with van der Waals surface area (Å²) in [5.74, 6) is 0. The maximum absolute atomic E-state index is 1.44. The van der Waals surface area contributed by atoms with Crippen molar-refractivity contribution < 1.29 is 63.5 Å². The first-order valence-electron chi connectivity index (χ1n) is 1.00. The Morgan fingerprint density at radius 3 is 1.17 bits per heavy atom. The summed E-state index contributed by atoms with van der Waals surface area (Å²) in [5.41, 5.74) is 0. The molecule has 0 amide bonds. The van der Waals surface area contributed by atoms with Gasteiger partial charge in [-0.25, -0.2) is 0 Å². The summed E-state index contributed by atoms with van der Waals surface area (Å²) in [7, 11) is 1.44. The van der Waals surface area contributed by atoms with Crippen LogP contribution in [0.3, 0.4) is 0 Å². The molecule has 0 aliphatic rings. The molecule has 0 fully saturated rings. The largest absolute Gasteiger partial charge is 0.316 e. The quantitative estimate of drug-likeness (QED) is 0.377. The third-order valence-corrected chi connectivity index (χ3v) is 0. The van der Waals surface area contributed by atoms with Crippen molar-refractivity contribution in [1.82, 2.24) is 0 Å². The molecule has 6 heteroatoms. The summed E-state index contributed by atoms with van der Waals surface area (Å²) < 4.78 is 0. The van der Waals surface area contributed by atoms with Crippen LogP contribution in [0.5, 0.6) is 0 Å². The monoisotopic (exact) mass is 372 g/mol. The Morgan fingerprint density at radius 1 is 1.17 bits per heavy atom. The van der Waals surface area contributed by atoms with Gasteiger partial charge < -0.3 is 0 Å². The number of hydrogen-bond acceptors (Lipinski definition) is 0. The van der Waals surface area contributed by atoms with Gasteiger partial charge in [0, 0.05) is 63.5 Å². The van der Waals surface area contributed by atoms with Crippen molar-refractivity contribution in [2.45, 2.75) is 0 Å². The van der Waals surface area contributed by atoms with Crippen LogP contribution < -0.4 is 0 Å². The van der Waals surface area contributed by atoms with Gasteiger partial charge >= 0.3 is 23.1 Å². The Hall–Kier alpha value is 4.18. The maximum atomic E-state index is 1.44. The molecule has 0 heterocycles. The van der Waals surface area contributed by atoms with Crippen LogP contribution in [0.15, 0.2) is 0 Å². The molecule has 0 radical (unpaired) electrons. The third-order valence-electron chi connectivity index (χ3n) is 0. The molecule has 0 saturated heterocycles. The van der Waals surface area contributed by atoms with Crippen LogP contribution in [0.2, 0.25) is 0 Å². The van der Waals surface area contributed by atoms with E-state index in [1.165, 1.54) is 24.4 Å². The van der Waals surface area contributed by atoms with Gasteiger partial charge in [0.15, 0.2) is 33.0 Å². The van der Waals surface area contributed by atoms with Gasteiger partial charge in [0.1, 0.15) is 0 Å². The van der Waals surface area contributed by atoms with E-state index in [-0.39, 0.29) is 104 Å². The fourth-order valence-corrected chi connectivity index (χ4v) is 0. The van der Waals surface area contributed by atoms with Crippen LogP contribution in [-0.4, -0.2) is 64.9 Å². The molecule has 6 heavy (non-hydrogen) atoms. The van der Waals surface area contributed by atoms with Crippen molar-refractivity contribution in [3.8, 4) is 0 Å². The summed E-state index contributed by atoms with van der Waals surface area (Å²) in [4.78, 5) is 0. The average molecular weight is 375 g/mol. The zero-order valence-electron chi connectivity index (χ0n) is 2.79. The van der Waals surface area contributed by atoms with Crippen LogP contribution in [-0.2, 0) is 26.2 Å². The van der Waals surface area contributed by atoms with Crippen molar-refractivity contribution in [1.29, 1.82) is 0 Å². The Balaban J connectivity index is -0.000000000833. The number of hydrogen-bond donors (Lipinski definition) is 0. The molecular weight excluding hydrogens is 365 g/mol. The zero-order chi connectivity index (χ0) is 2.00. The molecule has 0 atom stereocenters. The van der Waals surface area contributed by atoms with Crippen LogP contribution in [0.4, 0.5) is 0 Å². The molecule has 0 spiro atoms. The van der Waals surface area contributed by atoms with E-state index in [0.717, 1.165) is 0 Å². The first-order chi connectivity index (χ1) is 1.00. The van der Waals surface area contributed by atoms with Crippen LogP contribution >= 0.6 is 0 Å². The molecular formula is H10Al2ErMgSiZr. The molecule has 0 rings (SSSR count). The summed E-state index contributed by atoms with van der Waals surface area (Å²) in [5, 5.41) is 0. The predicted octanol–water partition coefficient (Wildman–Crippen LogP) is -4.20. The molecule has 0 aromatic carbocycles. The minimum atomic E-state index is 0. The van der Waals surface area contributed by atoms with E-state index in [1.54, 1.807) is 0 Å². The van der Waals surface area contributed by atoms with Gasteiger partial charge in [0.05, 0.1) is 0 Å². The fraction of sp³-hybridized carbons (Fsp3) is 0. The molecule has 0 aliphatic heterocycles. The first-order valence-corrected chi connectivity index (χ1v) is 9.00. The third kappa shape index (κ3) is 24.1. The van der Waals surface area contributed by atoms with E-state index in [4.69, 9.17) is 0 Å². The van der Waals surface area contributed by atoms with E-state index in [0.29, 0.717) is 0 Å². The van der Waals surface area contributed by atoms with Crippen molar-refractivity contribution in [2.75, 3.05) is 0 Å². The SMILES string of the molecule is [AlH2][SiH3].[AlH3].[Er].[MgH2].[Zr]. The summed E-state index contributed by atoms with van der Waals surface area (Å²) in [6.45, 7) is 0. The fourth-order valence-electron chi connectivity index (χ4n) is 0. The topological polar surface area (TPSA) is 0 Å². The standard InChI is InChI=1S/2Al.Er.Mg.H3Si.Zr.7H/h;;;;1H3;;;;;;;;. The van der Waals surface area contributed by atoms with Crippen molar-refractivity contribution in [3.05, 3.63) is 0 Å². The second-order valence-electron chi connectivity index (χ2n) is 0. The summed E-state index contributed by atoms with van der Waals surface area (Å²) in [6, 6.07) is 0. The number of rotatable bonds is 0. The molecule has 0 aromatic rings. The van der Waals surface area contributed by atoms with E-state index in [9.17, 15) is 0 Å². The minimum absolute atomic E-state index is 0. The Kier molecular flexibility index (Phi) is 187. The summed E-state index contributed by atoms with van der Waals surface area (Å²) >= 11 is 1.44. The average Bonchev–Trinajstić information content (AvgIpc) is 1.00. The molecule has 0 aliphatic carbocycles. The molecule has 0 unspecified atom stereocenters. The van der Waals surface area contributed by atoms with Gasteiger partial charge in [-0.1, -0.05) is 8.80 Å². The van der Waals surface area contributed by atoms with Gasteiger partial charge in [0.25, 0.3) is 0 Å². The smallest absolute Gasteiger partial charge is 0.0504 e. The second kappa shape index (κ2) is 35.2. The van der Waals surface area contributed by atoms with Crippen molar-refractivity contribution in [3.63, 3.8) is 0 Å². The predicted molar refractivity (Wildman–Crippen MR) is 37.0 cm³/mol. The normalized spacial score (nSPS) is 1.33. The van der Waals surface area contributed by atoms with E-state index in [1.807, 2.05) is 0 Å². The van der Waals surface area contributed by atoms with Gasteiger partial charge in [-0.3, -0.25) is 0 Å². The molecule has 38 valence electrons. The van der Waals surface area contributed by atoms with Gasteiger partial charge in [-0.15, -0.1) is 0 Å². The van der Waals surface area contributed by atoms with Crippen LogP contribution in [0.1, 0.15) is 0 Å². The second-order valence-corrected chi connectivity index (χ2v) is 0. The van der Waals surface area contributed by atoms with Crippen LogP contribution in [0.25, 0.3) is 0 Å². The van der Waals surface area contributed by atoms with Gasteiger partial charge in [-0.05, 0) is 0 Å². The Bertz CT molecular complexity index is 13.5. The molecule has 0 saturated carbocycles. The minimum Gasteiger partial charge on any atom is -0.0504 e. The first kappa shape index (κ1) is 32.0. The summed E-state index contributed by atoms with van der Waals surface area (Å²) in [6.07, 6.45) is 0. The zero-order valence-corrected chi connectivity index (χ0v) is 11.1. The van der Waals surface area contributed by atoms with Crippen molar-refractivity contribution >= 4 is 64.9 Å². The Labute approximate surface area is 125 Å². The van der Waals surface area contributed by atoms with E-state index >= 15 is 0 Å². The van der Waals surface area contributed by atoms with E-state index in [2.05, 4.69) is 0 Å². The molecule has 0 aromatic heterocycles. The molecule has 0 N–H and O–H groups in total. The van der Waals surface area contributed by atoms with E-state index < -0.39 is 0 Å². The van der Waals surface area contributed by atoms with Crippen molar-refractivity contribution in [2.24, 2.45) is 0 Å². The maximum Gasteiger partial charge on any atom is 0.316 e.